The van der Waals surface area contributed by atoms with Crippen LogP contribution in [0.25, 0.3) is 21.9 Å². The molecule has 0 saturated heterocycles. The molecule has 1 aliphatic heterocycles. The van der Waals surface area contributed by atoms with E-state index in [1.165, 1.54) is 11.4 Å². The molecule has 2 aliphatic carbocycles. The van der Waals surface area contributed by atoms with Gasteiger partial charge in [0.05, 0.1) is 0 Å². The fraction of sp³-hybridized carbons (Fsp3) is 0.389. The summed E-state index contributed by atoms with van der Waals surface area (Å²) in [5.74, 6) is 0.851. The number of nitrogens with zero attached hydrogens (tertiary/aromatic N) is 2. The average Bonchev–Trinajstić information content (AvgIpc) is 3.52. The Morgan fingerprint density at radius 2 is 1.57 bits per heavy atom. The normalized spacial score (nSPS) is 20.7. The van der Waals surface area contributed by atoms with Crippen molar-refractivity contribution in [1.82, 2.24) is 0 Å². The number of furan rings is 1. The minimum absolute atomic E-state index is 0. The van der Waals surface area contributed by atoms with Gasteiger partial charge in [-0.05, 0) is 75.1 Å². The zero-order valence-electron chi connectivity index (χ0n) is 25.3. The summed E-state index contributed by atoms with van der Waals surface area (Å²) in [7, 11) is 0. The third-order valence-corrected chi connectivity index (χ3v) is 9.17. The number of aliphatic hydroxyl groups excluding tert-OH is 1. The summed E-state index contributed by atoms with van der Waals surface area (Å²) in [5, 5.41) is 12.5. The van der Waals surface area contributed by atoms with Crippen molar-refractivity contribution >= 4 is 44.8 Å². The fourth-order valence-corrected chi connectivity index (χ4v) is 6.56. The predicted octanol–water partition coefficient (Wildman–Crippen LogP) is 9.49. The number of para-hydroxylation sites is 3. The molecule has 1 saturated carbocycles. The minimum Gasteiger partial charge on any atom is -0.511 e. The van der Waals surface area contributed by atoms with E-state index in [0.29, 0.717) is 17.7 Å². The van der Waals surface area contributed by atoms with Crippen LogP contribution in [-0.2, 0) is 24.9 Å². The van der Waals surface area contributed by atoms with Crippen molar-refractivity contribution in [3.8, 4) is 0 Å². The average molecular weight is 741 g/mol. The number of carbonyl (C=O) groups is 1. The van der Waals surface area contributed by atoms with Crippen LogP contribution in [0.5, 0.6) is 0 Å². The maximum atomic E-state index is 12.4. The van der Waals surface area contributed by atoms with Crippen LogP contribution >= 0.6 is 0 Å². The predicted molar refractivity (Wildman–Crippen MR) is 167 cm³/mol. The van der Waals surface area contributed by atoms with Crippen molar-refractivity contribution in [2.75, 3.05) is 9.80 Å². The zero-order chi connectivity index (χ0) is 29.1. The van der Waals surface area contributed by atoms with Crippen LogP contribution < -0.4 is 9.80 Å². The Morgan fingerprint density at radius 1 is 0.929 bits per heavy atom. The number of Topliss-reactive ketones (excluding diaryl/α,β-unsaturated/α-hetero) is 1. The molecule has 1 fully saturated rings. The first-order valence-corrected chi connectivity index (χ1v) is 14.8. The zero-order valence-corrected chi connectivity index (χ0v) is 27.7. The van der Waals surface area contributed by atoms with Crippen LogP contribution in [0.4, 0.5) is 17.1 Å². The van der Waals surface area contributed by atoms with Crippen LogP contribution in [0.3, 0.4) is 0 Å². The summed E-state index contributed by atoms with van der Waals surface area (Å²) in [5.41, 5.74) is 5.46. The molecule has 0 amide bonds. The summed E-state index contributed by atoms with van der Waals surface area (Å²) in [6.07, 6.45) is 4.04. The summed E-state index contributed by atoms with van der Waals surface area (Å²) < 4.78 is 6.04. The number of ketones is 1. The van der Waals surface area contributed by atoms with Crippen LogP contribution in [-0.4, -0.2) is 16.9 Å². The van der Waals surface area contributed by atoms with Gasteiger partial charge in [0.15, 0.2) is 5.78 Å². The molecule has 223 valence electrons. The molecule has 1 N–H and O–H groups in total. The minimum atomic E-state index is -0.284. The molecule has 42 heavy (non-hydrogen) atoms. The number of allylic oxidation sites excluding steroid dienone is 2. The molecular formula is C36H40IrN2O3-2. The second-order valence-corrected chi connectivity index (χ2v) is 13.3. The molecule has 6 heteroatoms. The second kappa shape index (κ2) is 11.2. The van der Waals surface area contributed by atoms with E-state index in [9.17, 15) is 9.90 Å². The molecule has 1 aromatic heterocycles. The molecule has 3 aromatic carbocycles. The largest absolute Gasteiger partial charge is 0.511 e. The van der Waals surface area contributed by atoms with Crippen molar-refractivity contribution in [1.29, 1.82) is 0 Å². The number of carbonyl (C=O) groups excluding carboxylic acids is 1. The fourth-order valence-electron chi connectivity index (χ4n) is 6.56. The van der Waals surface area contributed by atoms with Gasteiger partial charge in [-0.2, -0.15) is 18.8 Å². The number of fused-ring (bicyclic) bond motifs is 5. The van der Waals surface area contributed by atoms with Crippen LogP contribution in [0.15, 0.2) is 76.4 Å². The molecule has 3 aliphatic rings. The molecule has 4 aromatic rings. The van der Waals surface area contributed by atoms with E-state index < -0.39 is 0 Å². The van der Waals surface area contributed by atoms with E-state index >= 15 is 0 Å². The Kier molecular flexibility index (Phi) is 8.10. The van der Waals surface area contributed by atoms with E-state index in [4.69, 9.17) is 4.42 Å². The number of benzene rings is 3. The third kappa shape index (κ3) is 5.07. The summed E-state index contributed by atoms with van der Waals surface area (Å²) in [4.78, 5) is 16.9. The number of hydrogen-bond acceptors (Lipinski definition) is 5. The maximum absolute atomic E-state index is 12.4. The second-order valence-electron chi connectivity index (χ2n) is 13.3. The van der Waals surface area contributed by atoms with E-state index in [-0.39, 0.29) is 36.7 Å². The topological polar surface area (TPSA) is 56.9 Å². The molecule has 0 spiro atoms. The Hall–Kier alpha value is -3.08. The standard InChI is InChI=1S/C22H18N2O.C14H22O2.Ir/c1-15(2)23-14-24(18-10-5-4-9-17(18)23)19-11-7-13-21-22(19)16-8-3-6-12-20(16)25-21;1-13(2)7-5-9-6-8-14(3,4)12(16)10(9)11(13)15;/h3-10,12-15H,1-2H3;9,15H,5-8H2,1-4H3;/q-2;;. The molecule has 1 atom stereocenters. The third-order valence-electron chi connectivity index (χ3n) is 9.17. The number of anilines is 3. The first-order valence-electron chi connectivity index (χ1n) is 14.8. The van der Waals surface area contributed by atoms with Gasteiger partial charge in [0.1, 0.15) is 11.3 Å². The van der Waals surface area contributed by atoms with Gasteiger partial charge in [-0.1, -0.05) is 69.1 Å². The molecule has 0 bridgehead atoms. The molecular weight excluding hydrogens is 701 g/mol. The van der Waals surface area contributed by atoms with Gasteiger partial charge in [-0.25, -0.2) is 0 Å². The van der Waals surface area contributed by atoms with Gasteiger partial charge in [0.25, 0.3) is 0 Å². The van der Waals surface area contributed by atoms with Gasteiger partial charge in [-0.3, -0.25) is 4.79 Å². The molecule has 5 nitrogen and oxygen atoms in total. The summed E-state index contributed by atoms with van der Waals surface area (Å²) >= 11 is 0. The SMILES string of the molecule is CC(C)N1[CH-]N(c2[c-]ccc3oc4ccccc4c23)c2ccccc21.CC1(C)CCC2CCC(C)(C)C(O)=C2C1=O.[Ir]. The van der Waals surface area contributed by atoms with Gasteiger partial charge in [-0.15, -0.1) is 6.07 Å². The molecule has 1 unspecified atom stereocenters. The van der Waals surface area contributed by atoms with Gasteiger partial charge in [0, 0.05) is 53.5 Å². The number of aliphatic hydroxyl groups is 1. The van der Waals surface area contributed by atoms with E-state index in [1.54, 1.807) is 0 Å². The molecule has 1 radical (unpaired) electrons. The van der Waals surface area contributed by atoms with E-state index in [1.807, 2.05) is 52.0 Å². The van der Waals surface area contributed by atoms with Crippen LogP contribution in [0.2, 0.25) is 0 Å². The maximum Gasteiger partial charge on any atom is 0.168 e. The Morgan fingerprint density at radius 3 is 2.29 bits per heavy atom. The Labute approximate surface area is 262 Å². The quantitative estimate of drug-likeness (QED) is 0.208. The van der Waals surface area contributed by atoms with Crippen LogP contribution in [0, 0.1) is 29.5 Å². The summed E-state index contributed by atoms with van der Waals surface area (Å²) in [6, 6.07) is 24.4. The Balaban J connectivity index is 0.000000181. The van der Waals surface area contributed by atoms with Crippen molar-refractivity contribution in [2.45, 2.75) is 73.3 Å². The molecule has 2 heterocycles. The first-order chi connectivity index (χ1) is 19.5. The van der Waals surface area contributed by atoms with Gasteiger partial charge < -0.3 is 19.3 Å². The Bertz CT molecular complexity index is 1660. The van der Waals surface area contributed by atoms with E-state index in [2.05, 4.69) is 72.8 Å². The summed E-state index contributed by atoms with van der Waals surface area (Å²) in [6.45, 7) is 14.6. The smallest absolute Gasteiger partial charge is 0.168 e. The first kappa shape index (κ1) is 30.4. The van der Waals surface area contributed by atoms with Crippen molar-refractivity contribution in [3.63, 3.8) is 0 Å². The molecule has 7 rings (SSSR count). The number of rotatable bonds is 2. The van der Waals surface area contributed by atoms with Gasteiger partial charge >= 0.3 is 0 Å². The number of hydrogen-bond donors (Lipinski definition) is 1. The van der Waals surface area contributed by atoms with E-state index in [0.717, 1.165) is 58.9 Å². The van der Waals surface area contributed by atoms with Crippen molar-refractivity contribution < 1.29 is 34.4 Å². The van der Waals surface area contributed by atoms with Gasteiger partial charge in [0.2, 0.25) is 0 Å². The van der Waals surface area contributed by atoms with Crippen molar-refractivity contribution in [2.24, 2.45) is 16.7 Å². The van der Waals surface area contributed by atoms with Crippen LogP contribution in [0.1, 0.15) is 67.2 Å². The monoisotopic (exact) mass is 741 g/mol. The van der Waals surface area contributed by atoms with Crippen molar-refractivity contribution in [3.05, 3.63) is 84.7 Å².